The summed E-state index contributed by atoms with van der Waals surface area (Å²) >= 11 is 0. The lowest BCUT2D eigenvalue weighted by molar-refractivity contribution is -0.125. The third kappa shape index (κ3) is 2.29. The van der Waals surface area contributed by atoms with Crippen LogP contribution in [-0.2, 0) is 17.6 Å². The second kappa shape index (κ2) is 5.03. The molecule has 20 heavy (non-hydrogen) atoms. The fraction of sp³-hybridized carbons (Fsp3) is 0.200. The molecule has 0 aliphatic carbocycles. The molecule has 1 amide bonds. The van der Waals surface area contributed by atoms with Gasteiger partial charge < -0.3 is 5.73 Å². The number of benzene rings is 1. The van der Waals surface area contributed by atoms with Gasteiger partial charge >= 0.3 is 0 Å². The van der Waals surface area contributed by atoms with Gasteiger partial charge in [0.25, 0.3) is 5.91 Å². The van der Waals surface area contributed by atoms with E-state index in [0.717, 1.165) is 17.5 Å². The molecule has 3 rings (SSSR count). The van der Waals surface area contributed by atoms with E-state index in [1.165, 1.54) is 5.56 Å². The lowest BCUT2D eigenvalue weighted by atomic mass is 9.98. The maximum absolute atomic E-state index is 11.6. The Morgan fingerprint density at radius 1 is 1.30 bits per heavy atom. The molecule has 1 atom stereocenters. The normalized spacial score (nSPS) is 18.0. The summed E-state index contributed by atoms with van der Waals surface area (Å²) in [5, 5.41) is 10.3. The first-order valence-corrected chi connectivity index (χ1v) is 6.45. The second-order valence-corrected chi connectivity index (χ2v) is 4.95. The summed E-state index contributed by atoms with van der Waals surface area (Å²) in [6, 6.07) is 11.3. The van der Waals surface area contributed by atoms with Gasteiger partial charge in [0.15, 0.2) is 5.82 Å². The molecule has 2 heterocycles. The number of amides is 1. The van der Waals surface area contributed by atoms with Crippen molar-refractivity contribution in [1.29, 1.82) is 0 Å². The van der Waals surface area contributed by atoms with Gasteiger partial charge in [-0.2, -0.15) is 5.06 Å². The zero-order chi connectivity index (χ0) is 14.1. The van der Waals surface area contributed by atoms with Gasteiger partial charge in [-0.3, -0.25) is 10.0 Å². The number of nitrogens with two attached hydrogens (primary N) is 1. The molecule has 1 aliphatic heterocycles. The van der Waals surface area contributed by atoms with Crippen LogP contribution >= 0.6 is 0 Å². The molecule has 0 spiro atoms. The van der Waals surface area contributed by atoms with Crippen LogP contribution in [0.1, 0.15) is 16.7 Å². The van der Waals surface area contributed by atoms with E-state index < -0.39 is 11.9 Å². The van der Waals surface area contributed by atoms with Crippen LogP contribution in [-0.4, -0.2) is 22.1 Å². The highest BCUT2D eigenvalue weighted by atomic mass is 16.5. The molecule has 3 N–H and O–H groups in total. The number of aromatic nitrogens is 1. The van der Waals surface area contributed by atoms with Crippen molar-refractivity contribution in [3.8, 4) is 0 Å². The molecule has 1 aliphatic rings. The van der Waals surface area contributed by atoms with E-state index in [4.69, 9.17) is 5.73 Å². The van der Waals surface area contributed by atoms with E-state index in [1.807, 2.05) is 36.4 Å². The summed E-state index contributed by atoms with van der Waals surface area (Å²) in [5.74, 6) is -0.227. The molecule has 0 saturated heterocycles. The summed E-state index contributed by atoms with van der Waals surface area (Å²) in [4.78, 5) is 15.8. The Balaban J connectivity index is 1.90. The molecule has 0 unspecified atom stereocenters. The van der Waals surface area contributed by atoms with Crippen LogP contribution in [0.25, 0.3) is 0 Å². The van der Waals surface area contributed by atoms with Gasteiger partial charge in [0, 0.05) is 12.6 Å². The average molecular weight is 269 g/mol. The predicted molar refractivity (Wildman–Crippen MR) is 74.4 cm³/mol. The zero-order valence-corrected chi connectivity index (χ0v) is 10.9. The van der Waals surface area contributed by atoms with E-state index in [9.17, 15) is 10.0 Å². The number of nitrogens with zero attached hydrogens (tertiary/aromatic N) is 2. The molecule has 0 saturated carbocycles. The van der Waals surface area contributed by atoms with Crippen LogP contribution in [0.15, 0.2) is 42.6 Å². The molecular weight excluding hydrogens is 254 g/mol. The second-order valence-electron chi connectivity index (χ2n) is 4.95. The number of hydrogen-bond acceptors (Lipinski definition) is 4. The third-order valence-electron chi connectivity index (χ3n) is 3.42. The molecule has 0 radical (unpaired) electrons. The smallest absolute Gasteiger partial charge is 0.269 e. The molecule has 1 aromatic carbocycles. The Hall–Kier alpha value is -2.24. The maximum Gasteiger partial charge on any atom is 0.269 e. The first-order chi connectivity index (χ1) is 9.65. The van der Waals surface area contributed by atoms with Crippen molar-refractivity contribution in [2.75, 3.05) is 5.06 Å². The quantitative estimate of drug-likeness (QED) is 0.805. The van der Waals surface area contributed by atoms with Gasteiger partial charge in [-0.25, -0.2) is 4.98 Å². The first kappa shape index (κ1) is 12.8. The Morgan fingerprint density at radius 3 is 2.80 bits per heavy atom. The van der Waals surface area contributed by atoms with Crippen LogP contribution in [0.4, 0.5) is 5.82 Å². The topological polar surface area (TPSA) is 79.4 Å². The Morgan fingerprint density at radius 2 is 2.05 bits per heavy atom. The minimum Gasteiger partial charge on any atom is -0.320 e. The molecule has 102 valence electrons. The van der Waals surface area contributed by atoms with Gasteiger partial charge in [-0.15, -0.1) is 0 Å². The van der Waals surface area contributed by atoms with Crippen molar-refractivity contribution >= 4 is 11.7 Å². The molecule has 5 heteroatoms. The predicted octanol–water partition coefficient (Wildman–Crippen LogP) is 1.28. The Bertz CT molecular complexity index is 643. The monoisotopic (exact) mass is 269 g/mol. The number of hydroxylamine groups is 1. The average Bonchev–Trinajstić information content (AvgIpc) is 2.46. The van der Waals surface area contributed by atoms with Crippen molar-refractivity contribution < 1.29 is 10.0 Å². The number of anilines is 1. The summed E-state index contributed by atoms with van der Waals surface area (Å²) in [5.41, 5.74) is 8.72. The van der Waals surface area contributed by atoms with E-state index in [1.54, 1.807) is 6.20 Å². The fourth-order valence-corrected chi connectivity index (χ4v) is 2.41. The van der Waals surface area contributed by atoms with Crippen LogP contribution in [0.2, 0.25) is 0 Å². The molecule has 0 fully saturated rings. The Kier molecular flexibility index (Phi) is 3.22. The lowest BCUT2D eigenvalue weighted by Crippen LogP contribution is -2.47. The van der Waals surface area contributed by atoms with Crippen LogP contribution in [0.3, 0.4) is 0 Å². The number of carbonyl (C=O) groups is 1. The van der Waals surface area contributed by atoms with Crippen LogP contribution in [0.5, 0.6) is 0 Å². The number of fused-ring (bicyclic) bond motifs is 1. The summed E-state index contributed by atoms with van der Waals surface area (Å²) < 4.78 is 0. The van der Waals surface area contributed by atoms with Crippen molar-refractivity contribution in [3.63, 3.8) is 0 Å². The highest BCUT2D eigenvalue weighted by Gasteiger charge is 2.30. The summed E-state index contributed by atoms with van der Waals surface area (Å²) in [6.45, 7) is 0. The fourth-order valence-electron chi connectivity index (χ4n) is 2.41. The number of rotatable bonds is 2. The van der Waals surface area contributed by atoms with Gasteiger partial charge in [-0.1, -0.05) is 36.4 Å². The van der Waals surface area contributed by atoms with E-state index in [-0.39, 0.29) is 5.82 Å². The Labute approximate surface area is 116 Å². The number of pyridine rings is 1. The SMILES string of the molecule is N[C@H]1Cc2cc(Cc3ccccc3)cnc2N(O)C1=O. The summed E-state index contributed by atoms with van der Waals surface area (Å²) in [6.07, 6.45) is 2.84. The zero-order valence-electron chi connectivity index (χ0n) is 10.9. The minimum atomic E-state index is -0.707. The van der Waals surface area contributed by atoms with E-state index in [0.29, 0.717) is 11.5 Å². The lowest BCUT2D eigenvalue weighted by Gasteiger charge is -2.26. The minimum absolute atomic E-state index is 0.286. The van der Waals surface area contributed by atoms with Crippen LogP contribution in [0, 0.1) is 0 Å². The van der Waals surface area contributed by atoms with Gasteiger partial charge in [0.1, 0.15) is 0 Å². The van der Waals surface area contributed by atoms with Gasteiger partial charge in [0.2, 0.25) is 0 Å². The highest BCUT2D eigenvalue weighted by Crippen LogP contribution is 2.25. The van der Waals surface area contributed by atoms with Crippen molar-refractivity contribution in [2.24, 2.45) is 5.73 Å². The van der Waals surface area contributed by atoms with E-state index >= 15 is 0 Å². The van der Waals surface area contributed by atoms with Crippen molar-refractivity contribution in [2.45, 2.75) is 18.9 Å². The molecule has 1 aromatic heterocycles. The highest BCUT2D eigenvalue weighted by molar-refractivity contribution is 5.97. The summed E-state index contributed by atoms with van der Waals surface area (Å²) in [7, 11) is 0. The number of carbonyl (C=O) groups excluding carboxylic acids is 1. The molecule has 2 aromatic rings. The standard InChI is InChI=1S/C15H15N3O2/c16-13-8-12-7-11(6-10-4-2-1-3-5-10)9-17-14(12)18(20)15(13)19/h1-5,7,9,13,20H,6,8,16H2/t13-/m0/s1. The van der Waals surface area contributed by atoms with Crippen LogP contribution < -0.4 is 10.8 Å². The number of hydrogen-bond donors (Lipinski definition) is 2. The van der Waals surface area contributed by atoms with Gasteiger partial charge in [0.05, 0.1) is 6.04 Å². The first-order valence-electron chi connectivity index (χ1n) is 6.45. The molecule has 0 bridgehead atoms. The molecular formula is C15H15N3O2. The maximum atomic E-state index is 11.6. The van der Waals surface area contributed by atoms with E-state index in [2.05, 4.69) is 4.98 Å². The largest absolute Gasteiger partial charge is 0.320 e. The van der Waals surface area contributed by atoms with Gasteiger partial charge in [-0.05, 0) is 23.1 Å². The van der Waals surface area contributed by atoms with Crippen molar-refractivity contribution in [3.05, 3.63) is 59.3 Å². The molecule has 5 nitrogen and oxygen atoms in total. The third-order valence-corrected chi connectivity index (χ3v) is 3.42. The van der Waals surface area contributed by atoms with Crippen molar-refractivity contribution in [1.82, 2.24) is 4.98 Å².